The summed E-state index contributed by atoms with van der Waals surface area (Å²) in [6.07, 6.45) is -1.83. The first-order chi connectivity index (χ1) is 9.97. The molecule has 2 aromatic rings. The van der Waals surface area contributed by atoms with Crippen molar-refractivity contribution in [2.75, 3.05) is 18.5 Å². The van der Waals surface area contributed by atoms with E-state index in [0.29, 0.717) is 12.4 Å². The molecule has 0 spiro atoms. The molecule has 2 heterocycles. The van der Waals surface area contributed by atoms with Gasteiger partial charge in [-0.15, -0.1) is 0 Å². The van der Waals surface area contributed by atoms with Crippen molar-refractivity contribution in [3.63, 3.8) is 0 Å². The van der Waals surface area contributed by atoms with Crippen LogP contribution in [0.5, 0.6) is 5.88 Å². The predicted octanol–water partition coefficient (Wildman–Crippen LogP) is 2.69. The summed E-state index contributed by atoms with van der Waals surface area (Å²) in [5, 5.41) is 2.93. The highest BCUT2D eigenvalue weighted by Gasteiger charge is 2.34. The Morgan fingerprint density at radius 3 is 2.76 bits per heavy atom. The maximum atomic E-state index is 12.7. The molecule has 1 N–H and O–H groups in total. The first-order valence-corrected chi connectivity index (χ1v) is 6.14. The van der Waals surface area contributed by atoms with Crippen LogP contribution in [0.3, 0.4) is 0 Å². The van der Waals surface area contributed by atoms with Crippen LogP contribution in [0.25, 0.3) is 0 Å². The maximum Gasteiger partial charge on any atom is 0.421 e. The van der Waals surface area contributed by atoms with E-state index in [1.165, 1.54) is 18.6 Å². The average molecular weight is 298 g/mol. The Bertz CT molecular complexity index is 604. The van der Waals surface area contributed by atoms with Gasteiger partial charge >= 0.3 is 6.18 Å². The smallest absolute Gasteiger partial charge is 0.421 e. The summed E-state index contributed by atoms with van der Waals surface area (Å²) in [6, 6.07) is 3.88. The Labute approximate surface area is 119 Å². The minimum atomic E-state index is -4.49. The van der Waals surface area contributed by atoms with Gasteiger partial charge in [0.05, 0.1) is 6.54 Å². The number of aromatic nitrogens is 3. The summed E-state index contributed by atoms with van der Waals surface area (Å²) in [6.45, 7) is 2.14. The highest BCUT2D eigenvalue weighted by Crippen LogP contribution is 2.34. The molecule has 0 aliphatic rings. The second kappa shape index (κ2) is 6.38. The molecule has 0 aliphatic carbocycles. The molecule has 0 bridgehead atoms. The molecule has 0 aliphatic heterocycles. The molecule has 21 heavy (non-hydrogen) atoms. The SMILES string of the molecule is Cc1cc(NCCOc2ncccc2C(F)(F)F)ncn1. The zero-order chi connectivity index (χ0) is 15.3. The summed E-state index contributed by atoms with van der Waals surface area (Å²) >= 11 is 0. The molecule has 2 rings (SSSR count). The van der Waals surface area contributed by atoms with Crippen LogP contribution in [0.15, 0.2) is 30.7 Å². The van der Waals surface area contributed by atoms with Gasteiger partial charge < -0.3 is 10.1 Å². The van der Waals surface area contributed by atoms with E-state index in [1.54, 1.807) is 6.07 Å². The number of alkyl halides is 3. The average Bonchev–Trinajstić information content (AvgIpc) is 2.43. The second-order valence-electron chi connectivity index (χ2n) is 4.17. The first kappa shape index (κ1) is 15.0. The van der Waals surface area contributed by atoms with Gasteiger partial charge in [0, 0.05) is 18.0 Å². The van der Waals surface area contributed by atoms with E-state index in [1.807, 2.05) is 6.92 Å². The minimum Gasteiger partial charge on any atom is -0.475 e. The first-order valence-electron chi connectivity index (χ1n) is 6.14. The molecule has 112 valence electrons. The van der Waals surface area contributed by atoms with Gasteiger partial charge in [0.15, 0.2) is 0 Å². The summed E-state index contributed by atoms with van der Waals surface area (Å²) < 4.78 is 43.2. The number of nitrogens with zero attached hydrogens (tertiary/aromatic N) is 3. The van der Waals surface area contributed by atoms with Gasteiger partial charge in [-0.2, -0.15) is 13.2 Å². The Kier molecular flexibility index (Phi) is 4.56. The van der Waals surface area contributed by atoms with Crippen LogP contribution in [0.4, 0.5) is 19.0 Å². The summed E-state index contributed by atoms with van der Waals surface area (Å²) in [5.74, 6) is 0.161. The van der Waals surface area contributed by atoms with E-state index in [2.05, 4.69) is 20.3 Å². The predicted molar refractivity (Wildman–Crippen MR) is 70.0 cm³/mol. The van der Waals surface area contributed by atoms with Crippen molar-refractivity contribution in [1.29, 1.82) is 0 Å². The highest BCUT2D eigenvalue weighted by molar-refractivity contribution is 5.34. The molecular formula is C13H13F3N4O. The lowest BCUT2D eigenvalue weighted by atomic mass is 10.2. The fourth-order valence-electron chi connectivity index (χ4n) is 1.60. The summed E-state index contributed by atoms with van der Waals surface area (Å²) in [4.78, 5) is 11.5. The Morgan fingerprint density at radius 2 is 2.05 bits per heavy atom. The number of aryl methyl sites for hydroxylation is 1. The normalized spacial score (nSPS) is 11.2. The van der Waals surface area contributed by atoms with E-state index < -0.39 is 17.6 Å². The molecular weight excluding hydrogens is 285 g/mol. The third kappa shape index (κ3) is 4.30. The van der Waals surface area contributed by atoms with Crippen molar-refractivity contribution in [1.82, 2.24) is 15.0 Å². The molecule has 0 saturated heterocycles. The molecule has 0 radical (unpaired) electrons. The number of halogens is 3. The molecule has 0 saturated carbocycles. The fraction of sp³-hybridized carbons (Fsp3) is 0.308. The van der Waals surface area contributed by atoms with Gasteiger partial charge in [-0.25, -0.2) is 15.0 Å². The summed E-state index contributed by atoms with van der Waals surface area (Å²) in [7, 11) is 0. The molecule has 0 unspecified atom stereocenters. The van der Waals surface area contributed by atoms with E-state index in [-0.39, 0.29) is 6.61 Å². The van der Waals surface area contributed by atoms with Crippen molar-refractivity contribution in [3.8, 4) is 5.88 Å². The molecule has 5 nitrogen and oxygen atoms in total. The number of nitrogens with one attached hydrogen (secondary N) is 1. The van der Waals surface area contributed by atoms with E-state index in [0.717, 1.165) is 11.8 Å². The maximum absolute atomic E-state index is 12.7. The van der Waals surface area contributed by atoms with Gasteiger partial charge in [-0.05, 0) is 19.1 Å². The zero-order valence-electron chi connectivity index (χ0n) is 11.2. The molecule has 8 heteroatoms. The highest BCUT2D eigenvalue weighted by atomic mass is 19.4. The van der Waals surface area contributed by atoms with Gasteiger partial charge in [-0.1, -0.05) is 0 Å². The van der Waals surface area contributed by atoms with Gasteiger partial charge in [0.25, 0.3) is 0 Å². The number of ether oxygens (including phenoxy) is 1. The van der Waals surface area contributed by atoms with Crippen LogP contribution in [0, 0.1) is 6.92 Å². The number of rotatable bonds is 5. The van der Waals surface area contributed by atoms with Crippen molar-refractivity contribution >= 4 is 5.82 Å². The number of anilines is 1. The van der Waals surface area contributed by atoms with Crippen LogP contribution in [-0.2, 0) is 6.18 Å². The Balaban J connectivity index is 1.90. The number of hydrogen-bond acceptors (Lipinski definition) is 5. The van der Waals surface area contributed by atoms with Crippen molar-refractivity contribution < 1.29 is 17.9 Å². The zero-order valence-corrected chi connectivity index (χ0v) is 11.2. The van der Waals surface area contributed by atoms with Crippen LogP contribution >= 0.6 is 0 Å². The standard InChI is InChI=1S/C13H13F3N4O/c1-9-7-11(20-8-19-9)17-5-6-21-12-10(13(14,15)16)3-2-4-18-12/h2-4,7-8H,5-6H2,1H3,(H,17,19,20). The van der Waals surface area contributed by atoms with E-state index in [9.17, 15) is 13.2 Å². The number of pyridine rings is 1. The van der Waals surface area contributed by atoms with Gasteiger partial charge in [0.2, 0.25) is 5.88 Å². The molecule has 0 atom stereocenters. The third-order valence-electron chi connectivity index (χ3n) is 2.53. The Hall–Kier alpha value is -2.38. The topological polar surface area (TPSA) is 59.9 Å². The van der Waals surface area contributed by atoms with Crippen LogP contribution in [0.2, 0.25) is 0 Å². The van der Waals surface area contributed by atoms with Crippen molar-refractivity contribution in [2.45, 2.75) is 13.1 Å². The fourth-order valence-corrected chi connectivity index (χ4v) is 1.60. The number of hydrogen-bond donors (Lipinski definition) is 1. The van der Waals surface area contributed by atoms with Gasteiger partial charge in [-0.3, -0.25) is 0 Å². The lowest BCUT2D eigenvalue weighted by Crippen LogP contribution is -2.16. The molecule has 0 fully saturated rings. The van der Waals surface area contributed by atoms with E-state index in [4.69, 9.17) is 4.74 Å². The molecule has 2 aromatic heterocycles. The van der Waals surface area contributed by atoms with Crippen LogP contribution in [-0.4, -0.2) is 28.1 Å². The summed E-state index contributed by atoms with van der Waals surface area (Å²) in [5.41, 5.74) is -0.0969. The monoisotopic (exact) mass is 298 g/mol. The largest absolute Gasteiger partial charge is 0.475 e. The lowest BCUT2D eigenvalue weighted by molar-refractivity contribution is -0.139. The quantitative estimate of drug-likeness (QED) is 0.860. The van der Waals surface area contributed by atoms with Crippen molar-refractivity contribution in [2.24, 2.45) is 0 Å². The second-order valence-corrected chi connectivity index (χ2v) is 4.17. The third-order valence-corrected chi connectivity index (χ3v) is 2.53. The molecule has 0 aromatic carbocycles. The van der Waals surface area contributed by atoms with Crippen molar-refractivity contribution in [3.05, 3.63) is 42.0 Å². The minimum absolute atomic E-state index is 0.0309. The molecule has 0 amide bonds. The Morgan fingerprint density at radius 1 is 1.24 bits per heavy atom. The van der Waals surface area contributed by atoms with Gasteiger partial charge in [0.1, 0.15) is 24.3 Å². The van der Waals surface area contributed by atoms with Crippen LogP contribution in [0.1, 0.15) is 11.3 Å². The van der Waals surface area contributed by atoms with E-state index >= 15 is 0 Å². The lowest BCUT2D eigenvalue weighted by Gasteiger charge is -2.12. The van der Waals surface area contributed by atoms with Crippen LogP contribution < -0.4 is 10.1 Å².